The molecule has 1 aliphatic heterocycles. The van der Waals surface area contributed by atoms with Crippen molar-refractivity contribution in [2.24, 2.45) is 0 Å². The lowest BCUT2D eigenvalue weighted by molar-refractivity contribution is 0.191. The van der Waals surface area contributed by atoms with Gasteiger partial charge < -0.3 is 9.47 Å². The highest BCUT2D eigenvalue weighted by molar-refractivity contribution is 6.75. The van der Waals surface area contributed by atoms with Gasteiger partial charge in [-0.05, 0) is 12.6 Å². The van der Waals surface area contributed by atoms with Crippen LogP contribution in [0, 0.1) is 0 Å². The van der Waals surface area contributed by atoms with Crippen LogP contribution in [-0.4, -0.2) is 50.4 Å². The summed E-state index contributed by atoms with van der Waals surface area (Å²) in [6.45, 7) is 21.1. The Bertz CT molecular complexity index is 253. The summed E-state index contributed by atoms with van der Waals surface area (Å²) in [6, 6.07) is 1.16. The molecule has 0 aliphatic carbocycles. The molecule has 0 bridgehead atoms. The van der Waals surface area contributed by atoms with Crippen LogP contribution in [0.5, 0.6) is 0 Å². The van der Waals surface area contributed by atoms with E-state index in [0.717, 1.165) is 6.04 Å². The molecular formula is C13H26N2Si. The summed E-state index contributed by atoms with van der Waals surface area (Å²) >= 11 is 0. The lowest BCUT2D eigenvalue weighted by Crippen LogP contribution is -2.57. The smallest absolute Gasteiger partial charge is 0.126 e. The molecule has 1 fully saturated rings. The number of rotatable bonds is 5. The normalized spacial score (nSPS) is 19.7. The summed E-state index contributed by atoms with van der Waals surface area (Å²) in [5, 5.41) is 0. The van der Waals surface area contributed by atoms with Crippen molar-refractivity contribution >= 4 is 8.24 Å². The first-order valence-electron chi connectivity index (χ1n) is 6.27. The number of allylic oxidation sites excluding steroid dienone is 2. The summed E-state index contributed by atoms with van der Waals surface area (Å²) in [7, 11) is -1.29. The van der Waals surface area contributed by atoms with Gasteiger partial charge in [0.25, 0.3) is 0 Å². The number of piperazine rings is 1. The third-order valence-corrected chi connectivity index (χ3v) is 7.10. The Hall–Kier alpha value is -0.383. The highest BCUT2D eigenvalue weighted by atomic mass is 28.3. The first-order valence-corrected chi connectivity index (χ1v) is 9.42. The molecule has 1 rings (SSSR count). The SMILES string of the molecule is C=CC(=C)C[Si](C)(C)N1CCN(CC)CC1. The molecule has 16 heavy (non-hydrogen) atoms. The van der Waals surface area contributed by atoms with E-state index in [1.165, 1.54) is 38.3 Å². The molecule has 92 valence electrons. The molecule has 0 radical (unpaired) electrons. The minimum Gasteiger partial charge on any atom is -0.321 e. The second-order valence-corrected chi connectivity index (χ2v) is 9.88. The zero-order valence-corrected chi connectivity index (χ0v) is 12.1. The van der Waals surface area contributed by atoms with Crippen molar-refractivity contribution in [1.82, 2.24) is 9.47 Å². The molecule has 1 saturated heterocycles. The summed E-state index contributed by atoms with van der Waals surface area (Å²) in [6.07, 6.45) is 1.91. The van der Waals surface area contributed by atoms with Crippen LogP contribution in [0.1, 0.15) is 6.92 Å². The molecule has 0 aromatic carbocycles. The monoisotopic (exact) mass is 238 g/mol. The first-order chi connectivity index (χ1) is 7.49. The largest absolute Gasteiger partial charge is 0.321 e. The molecule has 0 atom stereocenters. The minimum atomic E-state index is -1.29. The zero-order chi connectivity index (χ0) is 12.2. The van der Waals surface area contributed by atoms with E-state index in [9.17, 15) is 0 Å². The lowest BCUT2D eigenvalue weighted by atomic mass is 10.3. The van der Waals surface area contributed by atoms with E-state index in [2.05, 4.69) is 42.6 Å². The van der Waals surface area contributed by atoms with Crippen LogP contribution in [0.25, 0.3) is 0 Å². The van der Waals surface area contributed by atoms with Crippen molar-refractivity contribution in [3.8, 4) is 0 Å². The number of nitrogens with zero attached hydrogens (tertiary/aromatic N) is 2. The van der Waals surface area contributed by atoms with E-state index in [4.69, 9.17) is 0 Å². The van der Waals surface area contributed by atoms with Gasteiger partial charge >= 0.3 is 0 Å². The van der Waals surface area contributed by atoms with Crippen LogP contribution < -0.4 is 0 Å². The molecular weight excluding hydrogens is 212 g/mol. The van der Waals surface area contributed by atoms with Crippen LogP contribution in [0.4, 0.5) is 0 Å². The van der Waals surface area contributed by atoms with Gasteiger partial charge in [0, 0.05) is 26.2 Å². The molecule has 3 heteroatoms. The van der Waals surface area contributed by atoms with E-state index < -0.39 is 8.24 Å². The standard InChI is InChI=1S/C13H26N2Si/c1-6-13(3)12-16(4,5)15-10-8-14(7-2)9-11-15/h6H,1,3,7-12H2,2,4-5H3. The highest BCUT2D eigenvalue weighted by Gasteiger charge is 2.31. The Balaban J connectivity index is 2.50. The molecule has 1 aliphatic rings. The second-order valence-electron chi connectivity index (χ2n) is 5.27. The van der Waals surface area contributed by atoms with E-state index in [0.29, 0.717) is 0 Å². The third kappa shape index (κ3) is 3.58. The Morgan fingerprint density at radius 1 is 1.25 bits per heavy atom. The van der Waals surface area contributed by atoms with Crippen molar-refractivity contribution in [3.63, 3.8) is 0 Å². The Labute approximate surface area is 102 Å². The van der Waals surface area contributed by atoms with Crippen molar-refractivity contribution in [3.05, 3.63) is 24.8 Å². The summed E-state index contributed by atoms with van der Waals surface area (Å²) < 4.78 is 2.72. The topological polar surface area (TPSA) is 6.48 Å². The quantitative estimate of drug-likeness (QED) is 0.536. The molecule has 0 aromatic heterocycles. The van der Waals surface area contributed by atoms with Gasteiger partial charge in [0.2, 0.25) is 0 Å². The average molecular weight is 238 g/mol. The Kier molecular flexibility index (Phi) is 4.96. The van der Waals surface area contributed by atoms with E-state index in [1.807, 2.05) is 6.08 Å². The maximum Gasteiger partial charge on any atom is 0.126 e. The molecule has 1 heterocycles. The van der Waals surface area contributed by atoms with Gasteiger partial charge in [-0.25, -0.2) is 0 Å². The molecule has 0 aromatic rings. The van der Waals surface area contributed by atoms with Gasteiger partial charge in [-0.3, -0.25) is 0 Å². The average Bonchev–Trinajstić information content (AvgIpc) is 2.28. The number of hydrogen-bond acceptors (Lipinski definition) is 2. The Morgan fingerprint density at radius 3 is 2.25 bits per heavy atom. The number of likely N-dealkylation sites (N-methyl/N-ethyl adjacent to an activating group) is 1. The van der Waals surface area contributed by atoms with E-state index in [-0.39, 0.29) is 0 Å². The fourth-order valence-corrected chi connectivity index (χ4v) is 5.30. The summed E-state index contributed by atoms with van der Waals surface area (Å²) in [5.74, 6) is 0. The van der Waals surface area contributed by atoms with Crippen LogP contribution in [0.2, 0.25) is 19.1 Å². The first kappa shape index (κ1) is 13.7. The Morgan fingerprint density at radius 2 is 1.81 bits per heavy atom. The van der Waals surface area contributed by atoms with E-state index >= 15 is 0 Å². The number of hydrogen-bond donors (Lipinski definition) is 0. The van der Waals surface area contributed by atoms with Gasteiger partial charge in [0.1, 0.15) is 8.24 Å². The van der Waals surface area contributed by atoms with Crippen molar-refractivity contribution < 1.29 is 0 Å². The van der Waals surface area contributed by atoms with Crippen LogP contribution in [0.15, 0.2) is 24.8 Å². The molecule has 2 nitrogen and oxygen atoms in total. The summed E-state index contributed by atoms with van der Waals surface area (Å²) in [4.78, 5) is 2.53. The van der Waals surface area contributed by atoms with Crippen LogP contribution >= 0.6 is 0 Å². The van der Waals surface area contributed by atoms with Crippen molar-refractivity contribution in [2.45, 2.75) is 26.1 Å². The molecule has 0 amide bonds. The third-order valence-electron chi connectivity index (χ3n) is 3.62. The van der Waals surface area contributed by atoms with Gasteiger partial charge in [-0.15, -0.1) is 0 Å². The predicted octanol–water partition coefficient (Wildman–Crippen LogP) is 2.57. The fraction of sp³-hybridized carbons (Fsp3) is 0.692. The van der Waals surface area contributed by atoms with Gasteiger partial charge in [-0.1, -0.05) is 44.8 Å². The predicted molar refractivity (Wildman–Crippen MR) is 75.3 cm³/mol. The van der Waals surface area contributed by atoms with Gasteiger partial charge in [0.15, 0.2) is 0 Å². The van der Waals surface area contributed by atoms with Crippen molar-refractivity contribution in [1.29, 1.82) is 0 Å². The fourth-order valence-electron chi connectivity index (χ4n) is 2.41. The molecule has 0 spiro atoms. The maximum absolute atomic E-state index is 4.06. The lowest BCUT2D eigenvalue weighted by Gasteiger charge is -2.43. The zero-order valence-electron chi connectivity index (χ0n) is 11.1. The van der Waals surface area contributed by atoms with Gasteiger partial charge in [-0.2, -0.15) is 0 Å². The van der Waals surface area contributed by atoms with Crippen LogP contribution in [0.3, 0.4) is 0 Å². The second kappa shape index (κ2) is 5.80. The molecule has 0 saturated carbocycles. The molecule has 0 N–H and O–H groups in total. The van der Waals surface area contributed by atoms with Crippen molar-refractivity contribution in [2.75, 3.05) is 32.7 Å². The molecule has 0 unspecified atom stereocenters. The van der Waals surface area contributed by atoms with E-state index in [1.54, 1.807) is 0 Å². The summed E-state index contributed by atoms with van der Waals surface area (Å²) in [5.41, 5.74) is 1.20. The maximum atomic E-state index is 4.06. The van der Waals surface area contributed by atoms with Gasteiger partial charge in [0.05, 0.1) is 0 Å². The van der Waals surface area contributed by atoms with Crippen LogP contribution in [-0.2, 0) is 0 Å². The minimum absolute atomic E-state index is 1.16. The highest BCUT2D eigenvalue weighted by Crippen LogP contribution is 2.21.